The molecule has 1 aromatic rings. The van der Waals surface area contributed by atoms with E-state index in [0.717, 1.165) is 69.6 Å². The third-order valence-corrected chi connectivity index (χ3v) is 4.13. The second-order valence-electron chi connectivity index (χ2n) is 6.14. The number of ether oxygens (including phenoxy) is 2. The lowest BCUT2D eigenvalue weighted by atomic mass is 10.2. The Morgan fingerprint density at radius 2 is 2.12 bits per heavy atom. The van der Waals surface area contributed by atoms with E-state index in [4.69, 9.17) is 14.5 Å². The summed E-state index contributed by atoms with van der Waals surface area (Å²) in [7, 11) is 0. The second kappa shape index (κ2) is 12.3. The summed E-state index contributed by atoms with van der Waals surface area (Å²) in [6.07, 6.45) is 2.84. The van der Waals surface area contributed by atoms with Crippen molar-refractivity contribution in [3.8, 4) is 5.75 Å². The zero-order valence-electron chi connectivity index (χ0n) is 15.9. The summed E-state index contributed by atoms with van der Waals surface area (Å²) in [4.78, 5) is 7.14. The number of rotatable bonds is 10. The van der Waals surface area contributed by atoms with Gasteiger partial charge in [-0.15, -0.1) is 0 Å². The summed E-state index contributed by atoms with van der Waals surface area (Å²) in [5.74, 6) is 1.70. The van der Waals surface area contributed by atoms with Gasteiger partial charge in [0, 0.05) is 31.7 Å². The van der Waals surface area contributed by atoms with E-state index in [0.29, 0.717) is 13.2 Å². The highest BCUT2D eigenvalue weighted by molar-refractivity contribution is 5.79. The van der Waals surface area contributed by atoms with Crippen LogP contribution >= 0.6 is 0 Å². The Bertz CT molecular complexity index is 556. The first-order valence-electron chi connectivity index (χ1n) is 9.47. The van der Waals surface area contributed by atoms with Crippen LogP contribution in [0.1, 0.15) is 18.9 Å². The lowest BCUT2D eigenvalue weighted by Crippen LogP contribution is -2.40. The Labute approximate surface area is 157 Å². The van der Waals surface area contributed by atoms with Crippen LogP contribution in [0, 0.1) is 0 Å². The Morgan fingerprint density at radius 3 is 2.88 bits per heavy atom. The highest BCUT2D eigenvalue weighted by Crippen LogP contribution is 2.18. The minimum Gasteiger partial charge on any atom is -0.489 e. The first-order valence-corrected chi connectivity index (χ1v) is 9.47. The molecule has 1 aromatic carbocycles. The Morgan fingerprint density at radius 1 is 1.31 bits per heavy atom. The van der Waals surface area contributed by atoms with Gasteiger partial charge in [0.2, 0.25) is 0 Å². The largest absolute Gasteiger partial charge is 0.489 e. The summed E-state index contributed by atoms with van der Waals surface area (Å²) in [5.41, 5.74) is 1.07. The normalized spacial score (nSPS) is 15.5. The average Bonchev–Trinajstić information content (AvgIpc) is 2.69. The van der Waals surface area contributed by atoms with Gasteiger partial charge in [0.15, 0.2) is 5.96 Å². The fourth-order valence-electron chi connectivity index (χ4n) is 2.76. The number of hydrogen-bond acceptors (Lipinski definition) is 4. The maximum atomic E-state index is 5.70. The van der Waals surface area contributed by atoms with Gasteiger partial charge < -0.3 is 20.1 Å². The molecular formula is C20H32N4O2. The molecule has 0 atom stereocenters. The number of guanidine groups is 1. The summed E-state index contributed by atoms with van der Waals surface area (Å²) < 4.78 is 11.1. The van der Waals surface area contributed by atoms with Crippen LogP contribution in [0.2, 0.25) is 0 Å². The fourth-order valence-corrected chi connectivity index (χ4v) is 2.76. The number of benzene rings is 1. The Hall–Kier alpha value is -2.05. The van der Waals surface area contributed by atoms with E-state index in [1.807, 2.05) is 24.3 Å². The number of para-hydroxylation sites is 1. The van der Waals surface area contributed by atoms with Crippen LogP contribution in [-0.4, -0.2) is 63.4 Å². The molecule has 1 aliphatic rings. The SMILES string of the molecule is C=CCOc1ccccc1CN=C(NCC)NCCCN1CCOCC1. The molecule has 1 aliphatic heterocycles. The van der Waals surface area contributed by atoms with Crippen LogP contribution in [0.5, 0.6) is 5.75 Å². The standard InChI is InChI=1S/C20H32N4O2/c1-3-14-26-19-9-6-5-8-18(19)17-23-20(21-4-2)22-10-7-11-24-12-15-25-16-13-24/h3,5-6,8-9H,1,4,7,10-17H2,2H3,(H2,21,22,23). The minimum absolute atomic E-state index is 0.501. The molecule has 1 fully saturated rings. The van der Waals surface area contributed by atoms with Crippen LogP contribution in [0.3, 0.4) is 0 Å². The lowest BCUT2D eigenvalue weighted by Gasteiger charge is -2.26. The van der Waals surface area contributed by atoms with Crippen molar-refractivity contribution < 1.29 is 9.47 Å². The van der Waals surface area contributed by atoms with Crippen molar-refractivity contribution in [1.29, 1.82) is 0 Å². The van der Waals surface area contributed by atoms with Crippen molar-refractivity contribution in [2.24, 2.45) is 4.99 Å². The molecule has 0 unspecified atom stereocenters. The van der Waals surface area contributed by atoms with Crippen molar-refractivity contribution in [3.63, 3.8) is 0 Å². The van der Waals surface area contributed by atoms with Crippen molar-refractivity contribution in [1.82, 2.24) is 15.5 Å². The molecule has 0 aliphatic carbocycles. The van der Waals surface area contributed by atoms with Gasteiger partial charge in [-0.05, 0) is 26.0 Å². The van der Waals surface area contributed by atoms with Crippen molar-refractivity contribution >= 4 is 5.96 Å². The average molecular weight is 361 g/mol. The minimum atomic E-state index is 0.501. The molecular weight excluding hydrogens is 328 g/mol. The number of nitrogens with zero attached hydrogens (tertiary/aromatic N) is 2. The highest BCUT2D eigenvalue weighted by Gasteiger charge is 2.09. The van der Waals surface area contributed by atoms with Gasteiger partial charge in [-0.25, -0.2) is 4.99 Å². The molecule has 0 amide bonds. The summed E-state index contributed by atoms with van der Waals surface area (Å²) in [6.45, 7) is 13.5. The molecule has 6 heteroatoms. The number of aliphatic imine (C=N–C) groups is 1. The zero-order chi connectivity index (χ0) is 18.5. The Balaban J connectivity index is 1.81. The van der Waals surface area contributed by atoms with E-state index in [-0.39, 0.29) is 0 Å². The number of hydrogen-bond donors (Lipinski definition) is 2. The predicted molar refractivity (Wildman–Crippen MR) is 107 cm³/mol. The van der Waals surface area contributed by atoms with Gasteiger partial charge in [0.1, 0.15) is 12.4 Å². The van der Waals surface area contributed by atoms with E-state index in [9.17, 15) is 0 Å². The van der Waals surface area contributed by atoms with Crippen LogP contribution < -0.4 is 15.4 Å². The lowest BCUT2D eigenvalue weighted by molar-refractivity contribution is 0.0376. The topological polar surface area (TPSA) is 58.1 Å². The smallest absolute Gasteiger partial charge is 0.191 e. The fraction of sp³-hybridized carbons (Fsp3) is 0.550. The van der Waals surface area contributed by atoms with Crippen molar-refractivity contribution in [2.45, 2.75) is 19.9 Å². The van der Waals surface area contributed by atoms with Gasteiger partial charge in [0.05, 0.1) is 19.8 Å². The quantitative estimate of drug-likeness (QED) is 0.289. The van der Waals surface area contributed by atoms with Gasteiger partial charge in [-0.1, -0.05) is 30.9 Å². The van der Waals surface area contributed by atoms with E-state index in [2.05, 4.69) is 29.0 Å². The predicted octanol–water partition coefficient (Wildman–Crippen LogP) is 2.03. The summed E-state index contributed by atoms with van der Waals surface area (Å²) in [5, 5.41) is 6.72. The van der Waals surface area contributed by atoms with Crippen LogP contribution in [0.15, 0.2) is 41.9 Å². The van der Waals surface area contributed by atoms with E-state index < -0.39 is 0 Å². The number of nitrogens with one attached hydrogen (secondary N) is 2. The molecule has 144 valence electrons. The zero-order valence-corrected chi connectivity index (χ0v) is 15.9. The van der Waals surface area contributed by atoms with Crippen molar-refractivity contribution in [3.05, 3.63) is 42.5 Å². The maximum Gasteiger partial charge on any atom is 0.191 e. The maximum absolute atomic E-state index is 5.70. The molecule has 2 rings (SSSR count). The van der Waals surface area contributed by atoms with Gasteiger partial charge >= 0.3 is 0 Å². The summed E-state index contributed by atoms with van der Waals surface area (Å²) in [6, 6.07) is 8.00. The second-order valence-corrected chi connectivity index (χ2v) is 6.14. The van der Waals surface area contributed by atoms with Crippen LogP contribution in [0.4, 0.5) is 0 Å². The van der Waals surface area contributed by atoms with E-state index in [1.54, 1.807) is 6.08 Å². The van der Waals surface area contributed by atoms with E-state index in [1.165, 1.54) is 0 Å². The van der Waals surface area contributed by atoms with Crippen LogP contribution in [0.25, 0.3) is 0 Å². The highest BCUT2D eigenvalue weighted by atomic mass is 16.5. The molecule has 1 heterocycles. The Kier molecular flexibility index (Phi) is 9.61. The first-order chi connectivity index (χ1) is 12.8. The molecule has 0 spiro atoms. The summed E-state index contributed by atoms with van der Waals surface area (Å²) >= 11 is 0. The molecule has 0 bridgehead atoms. The number of morpholine rings is 1. The van der Waals surface area contributed by atoms with Gasteiger partial charge in [-0.3, -0.25) is 4.90 Å². The molecule has 2 N–H and O–H groups in total. The monoisotopic (exact) mass is 360 g/mol. The van der Waals surface area contributed by atoms with Crippen molar-refractivity contribution in [2.75, 3.05) is 52.5 Å². The van der Waals surface area contributed by atoms with E-state index >= 15 is 0 Å². The molecule has 0 saturated carbocycles. The molecule has 1 saturated heterocycles. The third kappa shape index (κ3) is 7.45. The third-order valence-electron chi connectivity index (χ3n) is 4.13. The first kappa shape index (κ1) is 20.3. The van der Waals surface area contributed by atoms with Gasteiger partial charge in [-0.2, -0.15) is 0 Å². The molecule has 0 radical (unpaired) electrons. The van der Waals surface area contributed by atoms with Gasteiger partial charge in [0.25, 0.3) is 0 Å². The molecule has 26 heavy (non-hydrogen) atoms. The molecule has 0 aromatic heterocycles. The molecule has 6 nitrogen and oxygen atoms in total. The van der Waals surface area contributed by atoms with Crippen LogP contribution in [-0.2, 0) is 11.3 Å².